The highest BCUT2D eigenvalue weighted by molar-refractivity contribution is 5.59. The first kappa shape index (κ1) is 13.8. The summed E-state index contributed by atoms with van der Waals surface area (Å²) in [7, 11) is 1.29. The number of methoxy groups -OCH3 is 1. The lowest BCUT2D eigenvalue weighted by Gasteiger charge is -2.10. The van der Waals surface area contributed by atoms with E-state index < -0.39 is 29.0 Å². The Balaban J connectivity index is 2.47. The number of anilines is 3. The van der Waals surface area contributed by atoms with Crippen molar-refractivity contribution in [3.05, 3.63) is 35.4 Å². The van der Waals surface area contributed by atoms with Gasteiger partial charge in [0, 0.05) is 12.1 Å². The predicted molar refractivity (Wildman–Crippen MR) is 62.6 cm³/mol. The van der Waals surface area contributed by atoms with Gasteiger partial charge in [-0.15, -0.1) is 0 Å². The molecule has 0 unspecified atom stereocenters. The second-order valence-electron chi connectivity index (χ2n) is 3.62. The summed E-state index contributed by atoms with van der Waals surface area (Å²) >= 11 is 0. The second-order valence-corrected chi connectivity index (χ2v) is 3.62. The molecule has 3 N–H and O–H groups in total. The predicted octanol–water partition coefficient (Wildman–Crippen LogP) is 2.37. The zero-order chi connectivity index (χ0) is 14.9. The molecule has 1 heterocycles. The minimum Gasteiger partial charge on any atom is -0.481 e. The summed E-state index contributed by atoms with van der Waals surface area (Å²) in [4.78, 5) is 7.26. The van der Waals surface area contributed by atoms with Crippen molar-refractivity contribution in [1.82, 2.24) is 9.97 Å². The van der Waals surface area contributed by atoms with Gasteiger partial charge < -0.3 is 15.8 Å². The van der Waals surface area contributed by atoms with E-state index in [1.54, 1.807) is 0 Å². The summed E-state index contributed by atoms with van der Waals surface area (Å²) in [5.74, 6) is -6.67. The highest BCUT2D eigenvalue weighted by atomic mass is 19.2. The molecule has 0 atom stereocenters. The van der Waals surface area contributed by atoms with Gasteiger partial charge in [-0.3, -0.25) is 0 Å². The molecule has 20 heavy (non-hydrogen) atoms. The smallest absolute Gasteiger partial charge is 0.225 e. The van der Waals surface area contributed by atoms with Crippen LogP contribution in [-0.4, -0.2) is 17.1 Å². The van der Waals surface area contributed by atoms with Crippen LogP contribution in [0.2, 0.25) is 0 Å². The Morgan fingerprint density at radius 1 is 1.05 bits per heavy atom. The molecule has 2 aromatic rings. The van der Waals surface area contributed by atoms with Crippen LogP contribution in [-0.2, 0) is 0 Å². The van der Waals surface area contributed by atoms with Crippen molar-refractivity contribution in [2.45, 2.75) is 0 Å². The molecule has 5 nitrogen and oxygen atoms in total. The summed E-state index contributed by atoms with van der Waals surface area (Å²) in [6, 6.07) is 1.25. The topological polar surface area (TPSA) is 73.1 Å². The van der Waals surface area contributed by atoms with E-state index in [1.165, 1.54) is 7.11 Å². The Morgan fingerprint density at radius 2 is 1.65 bits per heavy atom. The maximum Gasteiger partial charge on any atom is 0.225 e. The number of nitrogens with one attached hydrogen (secondary N) is 1. The first-order chi connectivity index (χ1) is 9.42. The largest absolute Gasteiger partial charge is 0.481 e. The van der Waals surface area contributed by atoms with Gasteiger partial charge in [0.25, 0.3) is 0 Å². The van der Waals surface area contributed by atoms with Gasteiger partial charge in [-0.05, 0) is 0 Å². The number of nitrogen functional groups attached to an aromatic ring is 1. The van der Waals surface area contributed by atoms with Gasteiger partial charge in [0.05, 0.1) is 7.11 Å². The van der Waals surface area contributed by atoms with Gasteiger partial charge in [0.15, 0.2) is 23.3 Å². The maximum atomic E-state index is 13.5. The minimum absolute atomic E-state index is 0.0118. The summed E-state index contributed by atoms with van der Waals surface area (Å²) in [5, 5.41) is 2.10. The van der Waals surface area contributed by atoms with Gasteiger partial charge in [0.2, 0.25) is 11.8 Å². The fourth-order valence-electron chi connectivity index (χ4n) is 1.42. The Morgan fingerprint density at radius 3 is 2.20 bits per heavy atom. The minimum atomic E-state index is -1.58. The highest BCUT2D eigenvalue weighted by Gasteiger charge is 2.20. The highest BCUT2D eigenvalue weighted by Crippen LogP contribution is 2.27. The lowest BCUT2D eigenvalue weighted by molar-refractivity contribution is 0.398. The lowest BCUT2D eigenvalue weighted by atomic mass is 10.2. The van der Waals surface area contributed by atoms with Crippen LogP contribution in [0, 0.1) is 23.3 Å². The molecule has 0 spiro atoms. The van der Waals surface area contributed by atoms with Crippen molar-refractivity contribution in [2.75, 3.05) is 18.2 Å². The third kappa shape index (κ3) is 2.56. The van der Waals surface area contributed by atoms with E-state index in [0.717, 1.165) is 6.07 Å². The average molecular weight is 288 g/mol. The Hall–Kier alpha value is -2.58. The Kier molecular flexibility index (Phi) is 3.59. The Labute approximate surface area is 110 Å². The van der Waals surface area contributed by atoms with E-state index >= 15 is 0 Å². The second kappa shape index (κ2) is 5.19. The van der Waals surface area contributed by atoms with E-state index in [2.05, 4.69) is 15.3 Å². The molecule has 0 aliphatic rings. The van der Waals surface area contributed by atoms with Crippen LogP contribution in [0.25, 0.3) is 0 Å². The first-order valence-electron chi connectivity index (χ1n) is 5.21. The van der Waals surface area contributed by atoms with E-state index in [4.69, 9.17) is 10.5 Å². The van der Waals surface area contributed by atoms with Crippen molar-refractivity contribution in [3.8, 4) is 5.88 Å². The van der Waals surface area contributed by atoms with Crippen LogP contribution in [0.4, 0.5) is 35.0 Å². The van der Waals surface area contributed by atoms with Crippen LogP contribution in [0.15, 0.2) is 12.1 Å². The molecule has 0 saturated heterocycles. The number of hydrogen-bond acceptors (Lipinski definition) is 5. The van der Waals surface area contributed by atoms with Gasteiger partial charge in [-0.2, -0.15) is 9.97 Å². The molecule has 0 amide bonds. The number of nitrogens with zero attached hydrogens (tertiary/aromatic N) is 2. The number of nitrogens with two attached hydrogens (primary N) is 1. The van der Waals surface area contributed by atoms with Crippen molar-refractivity contribution < 1.29 is 22.3 Å². The molecule has 0 aliphatic heterocycles. The third-order valence-electron chi connectivity index (χ3n) is 2.29. The quantitative estimate of drug-likeness (QED) is 0.670. The maximum absolute atomic E-state index is 13.5. The molecule has 106 valence electrons. The number of hydrogen-bond donors (Lipinski definition) is 2. The summed E-state index contributed by atoms with van der Waals surface area (Å²) in [6.45, 7) is 0. The molecule has 0 fully saturated rings. The summed E-state index contributed by atoms with van der Waals surface area (Å²) in [6.07, 6.45) is 0. The van der Waals surface area contributed by atoms with E-state index in [1.807, 2.05) is 0 Å². The molecule has 1 aromatic heterocycles. The molecule has 9 heteroatoms. The fraction of sp³-hybridized carbons (Fsp3) is 0.0909. The number of benzene rings is 1. The van der Waals surface area contributed by atoms with Crippen LogP contribution in [0.5, 0.6) is 5.88 Å². The summed E-state index contributed by atoms with van der Waals surface area (Å²) in [5.41, 5.74) is 4.32. The molecule has 1 aromatic carbocycles. The number of ether oxygens (including phenoxy) is 1. The SMILES string of the molecule is COc1cc(Nc2c(F)c(F)cc(F)c2F)nc(N)n1. The van der Waals surface area contributed by atoms with Crippen molar-refractivity contribution in [1.29, 1.82) is 0 Å². The van der Waals surface area contributed by atoms with Crippen molar-refractivity contribution >= 4 is 17.5 Å². The number of rotatable bonds is 3. The van der Waals surface area contributed by atoms with Gasteiger partial charge in [0.1, 0.15) is 11.5 Å². The van der Waals surface area contributed by atoms with E-state index in [0.29, 0.717) is 0 Å². The standard InChI is InChI=1S/C11H8F4N4O/c1-20-7-3-6(18-11(16)19-7)17-10-8(14)4(12)2-5(13)9(10)15/h2-3H,1H3,(H3,16,17,18,19). The molecular formula is C11H8F4N4O. The van der Waals surface area contributed by atoms with Crippen LogP contribution in [0.1, 0.15) is 0 Å². The molecule has 0 radical (unpaired) electrons. The lowest BCUT2D eigenvalue weighted by Crippen LogP contribution is -2.06. The average Bonchev–Trinajstić information content (AvgIpc) is 2.40. The Bertz CT molecular complexity index is 639. The normalized spacial score (nSPS) is 10.4. The molecule has 0 bridgehead atoms. The molecule has 0 saturated carbocycles. The third-order valence-corrected chi connectivity index (χ3v) is 2.29. The van der Waals surface area contributed by atoms with Gasteiger partial charge >= 0.3 is 0 Å². The molecule has 0 aliphatic carbocycles. The zero-order valence-electron chi connectivity index (χ0n) is 10.0. The van der Waals surface area contributed by atoms with Crippen LogP contribution < -0.4 is 15.8 Å². The number of halogens is 4. The first-order valence-corrected chi connectivity index (χ1v) is 5.21. The van der Waals surface area contributed by atoms with E-state index in [9.17, 15) is 17.6 Å². The zero-order valence-corrected chi connectivity index (χ0v) is 10.0. The van der Waals surface area contributed by atoms with Gasteiger partial charge in [-0.1, -0.05) is 0 Å². The van der Waals surface area contributed by atoms with Gasteiger partial charge in [-0.25, -0.2) is 17.6 Å². The van der Waals surface area contributed by atoms with Crippen LogP contribution >= 0.6 is 0 Å². The monoisotopic (exact) mass is 288 g/mol. The molecular weight excluding hydrogens is 280 g/mol. The van der Waals surface area contributed by atoms with Crippen molar-refractivity contribution in [2.24, 2.45) is 0 Å². The van der Waals surface area contributed by atoms with Crippen molar-refractivity contribution in [3.63, 3.8) is 0 Å². The number of aromatic nitrogens is 2. The molecule has 2 rings (SSSR count). The van der Waals surface area contributed by atoms with E-state index in [-0.39, 0.29) is 23.7 Å². The van der Waals surface area contributed by atoms with Crippen LogP contribution in [0.3, 0.4) is 0 Å². The fourth-order valence-corrected chi connectivity index (χ4v) is 1.42. The summed E-state index contributed by atoms with van der Waals surface area (Å²) < 4.78 is 57.8.